The van der Waals surface area contributed by atoms with E-state index in [0.717, 1.165) is 5.69 Å². The van der Waals surface area contributed by atoms with Crippen LogP contribution in [0, 0.1) is 0 Å². The van der Waals surface area contributed by atoms with Gasteiger partial charge in [-0.15, -0.1) is 11.3 Å². The number of halogens is 3. The summed E-state index contributed by atoms with van der Waals surface area (Å²) in [6.07, 6.45) is -4.60. The van der Waals surface area contributed by atoms with Gasteiger partial charge in [0.05, 0.1) is 10.7 Å². The Bertz CT molecular complexity index is 352. The number of hydrogen-bond donors (Lipinski definition) is 1. The van der Waals surface area contributed by atoms with Crippen LogP contribution in [-0.4, -0.2) is 17.2 Å². The SMILES string of the molecule is CC(C)(C)c1csc(CC(N)C(F)(F)F)n1. The van der Waals surface area contributed by atoms with Crippen molar-refractivity contribution in [3.05, 3.63) is 16.1 Å². The van der Waals surface area contributed by atoms with Crippen molar-refractivity contribution >= 4 is 11.3 Å². The maximum absolute atomic E-state index is 12.2. The average molecular weight is 252 g/mol. The summed E-state index contributed by atoms with van der Waals surface area (Å²) in [5.74, 6) is 0. The Balaban J connectivity index is 2.74. The molecule has 0 aliphatic rings. The van der Waals surface area contributed by atoms with Gasteiger partial charge in [-0.25, -0.2) is 4.98 Å². The molecule has 0 saturated heterocycles. The van der Waals surface area contributed by atoms with Crippen LogP contribution in [0.1, 0.15) is 31.5 Å². The third kappa shape index (κ3) is 3.45. The predicted molar refractivity (Wildman–Crippen MR) is 58.5 cm³/mol. The molecule has 0 aliphatic heterocycles. The summed E-state index contributed by atoms with van der Waals surface area (Å²) in [5, 5.41) is 2.23. The van der Waals surface area contributed by atoms with Crippen LogP contribution < -0.4 is 5.73 Å². The third-order valence-electron chi connectivity index (χ3n) is 2.14. The van der Waals surface area contributed by atoms with Crippen LogP contribution in [0.25, 0.3) is 0 Å². The second-order valence-corrected chi connectivity index (χ2v) is 5.67. The highest BCUT2D eigenvalue weighted by molar-refractivity contribution is 7.09. The van der Waals surface area contributed by atoms with Crippen LogP contribution in [0.5, 0.6) is 0 Å². The molecular weight excluding hydrogens is 237 g/mol. The Morgan fingerprint density at radius 3 is 2.31 bits per heavy atom. The molecular formula is C10H15F3N2S. The lowest BCUT2D eigenvalue weighted by molar-refractivity contribution is -0.147. The van der Waals surface area contributed by atoms with E-state index in [0.29, 0.717) is 5.01 Å². The van der Waals surface area contributed by atoms with Crippen molar-refractivity contribution in [2.24, 2.45) is 5.73 Å². The highest BCUT2D eigenvalue weighted by Crippen LogP contribution is 2.26. The third-order valence-corrected chi connectivity index (χ3v) is 3.01. The van der Waals surface area contributed by atoms with E-state index in [1.54, 1.807) is 5.38 Å². The Hall–Kier alpha value is -0.620. The number of nitrogens with two attached hydrogens (primary N) is 1. The Morgan fingerprint density at radius 2 is 1.94 bits per heavy atom. The summed E-state index contributed by atoms with van der Waals surface area (Å²) < 4.78 is 36.7. The molecule has 6 heteroatoms. The minimum Gasteiger partial charge on any atom is -0.320 e. The summed E-state index contributed by atoms with van der Waals surface area (Å²) in [6.45, 7) is 5.90. The number of alkyl halides is 3. The van der Waals surface area contributed by atoms with Crippen LogP contribution in [-0.2, 0) is 11.8 Å². The summed E-state index contributed by atoms with van der Waals surface area (Å²) in [5.41, 5.74) is 5.71. The molecule has 2 nitrogen and oxygen atoms in total. The van der Waals surface area contributed by atoms with E-state index in [1.807, 2.05) is 20.8 Å². The van der Waals surface area contributed by atoms with Gasteiger partial charge in [0.2, 0.25) is 0 Å². The standard InChI is InChI=1S/C10H15F3N2S/c1-9(2,3)7-5-16-8(15-7)4-6(14)10(11,12)13/h5-6H,4,14H2,1-3H3. The lowest BCUT2D eigenvalue weighted by Gasteiger charge is -2.15. The molecule has 0 fully saturated rings. The second kappa shape index (κ2) is 4.33. The van der Waals surface area contributed by atoms with E-state index < -0.39 is 12.2 Å². The quantitative estimate of drug-likeness (QED) is 0.879. The monoisotopic (exact) mass is 252 g/mol. The summed E-state index contributed by atoms with van der Waals surface area (Å²) in [4.78, 5) is 4.17. The van der Waals surface area contributed by atoms with Crippen molar-refractivity contribution in [2.75, 3.05) is 0 Å². The van der Waals surface area contributed by atoms with Crippen LogP contribution in [0.3, 0.4) is 0 Å². The van der Waals surface area contributed by atoms with Crippen molar-refractivity contribution in [2.45, 2.75) is 44.8 Å². The maximum atomic E-state index is 12.2. The fourth-order valence-electron chi connectivity index (χ4n) is 1.05. The maximum Gasteiger partial charge on any atom is 0.404 e. The first-order valence-electron chi connectivity index (χ1n) is 4.88. The molecule has 0 spiro atoms. The zero-order chi connectivity index (χ0) is 12.6. The zero-order valence-corrected chi connectivity index (χ0v) is 10.2. The van der Waals surface area contributed by atoms with Crippen molar-refractivity contribution in [3.63, 3.8) is 0 Å². The molecule has 0 amide bonds. The molecule has 0 bridgehead atoms. The van der Waals surface area contributed by atoms with Gasteiger partial charge in [0, 0.05) is 17.2 Å². The Morgan fingerprint density at radius 1 is 1.38 bits per heavy atom. The molecule has 1 atom stereocenters. The number of aromatic nitrogens is 1. The minimum atomic E-state index is -4.35. The molecule has 1 unspecified atom stereocenters. The van der Waals surface area contributed by atoms with Crippen molar-refractivity contribution in [1.82, 2.24) is 4.98 Å². The van der Waals surface area contributed by atoms with Crippen LogP contribution in [0.2, 0.25) is 0 Å². The van der Waals surface area contributed by atoms with E-state index in [-0.39, 0.29) is 11.8 Å². The van der Waals surface area contributed by atoms with Crippen LogP contribution >= 0.6 is 11.3 Å². The van der Waals surface area contributed by atoms with Gasteiger partial charge in [0.15, 0.2) is 0 Å². The fourth-order valence-corrected chi connectivity index (χ4v) is 2.13. The molecule has 16 heavy (non-hydrogen) atoms. The molecule has 1 aromatic heterocycles. The van der Waals surface area contributed by atoms with Gasteiger partial charge in [-0.2, -0.15) is 13.2 Å². The highest BCUT2D eigenvalue weighted by Gasteiger charge is 2.37. The number of hydrogen-bond acceptors (Lipinski definition) is 3. The van der Waals surface area contributed by atoms with E-state index in [1.165, 1.54) is 11.3 Å². The molecule has 1 heterocycles. The van der Waals surface area contributed by atoms with Crippen molar-refractivity contribution in [1.29, 1.82) is 0 Å². The second-order valence-electron chi connectivity index (χ2n) is 4.73. The molecule has 1 aromatic rings. The molecule has 0 aliphatic carbocycles. The van der Waals surface area contributed by atoms with Crippen molar-refractivity contribution in [3.8, 4) is 0 Å². The minimum absolute atomic E-state index is 0.142. The van der Waals surface area contributed by atoms with Crippen LogP contribution in [0.4, 0.5) is 13.2 Å². The lowest BCUT2D eigenvalue weighted by Crippen LogP contribution is -2.39. The number of rotatable bonds is 2. The average Bonchev–Trinajstić information content (AvgIpc) is 2.49. The first kappa shape index (κ1) is 13.4. The fraction of sp³-hybridized carbons (Fsp3) is 0.700. The largest absolute Gasteiger partial charge is 0.404 e. The van der Waals surface area contributed by atoms with Gasteiger partial charge >= 0.3 is 6.18 Å². The summed E-state index contributed by atoms with van der Waals surface area (Å²) in [6, 6.07) is -1.83. The van der Waals surface area contributed by atoms with Gasteiger partial charge in [-0.3, -0.25) is 0 Å². The smallest absolute Gasteiger partial charge is 0.320 e. The van der Waals surface area contributed by atoms with Gasteiger partial charge in [-0.05, 0) is 0 Å². The van der Waals surface area contributed by atoms with E-state index in [4.69, 9.17) is 5.73 Å². The Kier molecular flexibility index (Phi) is 3.64. The van der Waals surface area contributed by atoms with E-state index in [2.05, 4.69) is 4.98 Å². The normalized spacial score (nSPS) is 15.2. The van der Waals surface area contributed by atoms with E-state index >= 15 is 0 Å². The molecule has 2 N–H and O–H groups in total. The van der Waals surface area contributed by atoms with Crippen molar-refractivity contribution < 1.29 is 13.2 Å². The highest BCUT2D eigenvalue weighted by atomic mass is 32.1. The zero-order valence-electron chi connectivity index (χ0n) is 9.43. The Labute approximate surface area is 96.7 Å². The molecule has 1 rings (SSSR count). The van der Waals surface area contributed by atoms with Gasteiger partial charge < -0.3 is 5.73 Å². The van der Waals surface area contributed by atoms with E-state index in [9.17, 15) is 13.2 Å². The van der Waals surface area contributed by atoms with Gasteiger partial charge in [-0.1, -0.05) is 20.8 Å². The van der Waals surface area contributed by atoms with Crippen LogP contribution in [0.15, 0.2) is 5.38 Å². The topological polar surface area (TPSA) is 38.9 Å². The molecule has 92 valence electrons. The first-order chi connectivity index (χ1) is 7.10. The van der Waals surface area contributed by atoms with Gasteiger partial charge in [0.25, 0.3) is 0 Å². The number of thiazole rings is 1. The summed E-state index contributed by atoms with van der Waals surface area (Å²) in [7, 11) is 0. The van der Waals surface area contributed by atoms with Gasteiger partial charge in [0.1, 0.15) is 6.04 Å². The molecule has 0 saturated carbocycles. The lowest BCUT2D eigenvalue weighted by atomic mass is 9.93. The number of nitrogens with zero attached hydrogens (tertiary/aromatic N) is 1. The molecule has 0 radical (unpaired) electrons. The summed E-state index contributed by atoms with van der Waals surface area (Å²) >= 11 is 1.23. The first-order valence-corrected chi connectivity index (χ1v) is 5.76. The predicted octanol–water partition coefficient (Wildman–Crippen LogP) is 2.87. The molecule has 0 aromatic carbocycles.